The summed E-state index contributed by atoms with van der Waals surface area (Å²) in [5.41, 5.74) is 3.27. The van der Waals surface area contributed by atoms with Crippen LogP contribution < -0.4 is 20.1 Å². The molecule has 0 aliphatic heterocycles. The normalized spacial score (nSPS) is 10.9. The fourth-order valence-electron chi connectivity index (χ4n) is 3.46. The fraction of sp³-hybridized carbons (Fsp3) is 0.133. The summed E-state index contributed by atoms with van der Waals surface area (Å²) in [5.74, 6) is 2.49. The van der Waals surface area contributed by atoms with E-state index >= 15 is 0 Å². The molecular formula is C30H31N3O2. The minimum Gasteiger partial charge on any atom is -0.492 e. The number of hydrogen-bond donors (Lipinski definition) is 2. The number of nitrogens with zero attached hydrogens (tertiary/aromatic N) is 1. The molecule has 0 aliphatic rings. The predicted molar refractivity (Wildman–Crippen MR) is 144 cm³/mol. The molecule has 0 saturated carbocycles. The van der Waals surface area contributed by atoms with Crippen LogP contribution in [-0.4, -0.2) is 25.1 Å². The molecule has 0 saturated heterocycles. The standard InChI is InChI=1S/C30H31N3O2/c1-33(24-25-8-4-2-5-9-25)22-23-34-28-16-12-26(13-17-28)31-20-21-32-27-14-18-30(19-15-27)35-29-10-6-3-7-11-29/h2-21,31-32H,22-24H2,1H3/b21-20-. The number of nitrogens with one attached hydrogen (secondary N) is 2. The van der Waals surface area contributed by atoms with Crippen LogP contribution in [-0.2, 0) is 6.54 Å². The van der Waals surface area contributed by atoms with E-state index in [1.807, 2.05) is 97.3 Å². The van der Waals surface area contributed by atoms with Gasteiger partial charge in [0.15, 0.2) is 0 Å². The Kier molecular flexibility index (Phi) is 8.80. The van der Waals surface area contributed by atoms with E-state index in [1.54, 1.807) is 0 Å². The maximum atomic E-state index is 5.89. The Labute approximate surface area is 207 Å². The van der Waals surface area contributed by atoms with Crippen molar-refractivity contribution in [3.63, 3.8) is 0 Å². The van der Waals surface area contributed by atoms with E-state index in [1.165, 1.54) is 5.56 Å². The number of likely N-dealkylation sites (N-methyl/N-ethyl adjacent to an activating group) is 1. The lowest BCUT2D eigenvalue weighted by molar-refractivity contribution is 0.233. The Bertz CT molecular complexity index is 1160. The molecule has 5 nitrogen and oxygen atoms in total. The molecule has 4 aromatic rings. The maximum absolute atomic E-state index is 5.89. The zero-order chi connectivity index (χ0) is 24.1. The van der Waals surface area contributed by atoms with Gasteiger partial charge in [0.2, 0.25) is 0 Å². The van der Waals surface area contributed by atoms with Crippen LogP contribution in [0.25, 0.3) is 0 Å². The lowest BCUT2D eigenvalue weighted by Gasteiger charge is -2.17. The minimum absolute atomic E-state index is 0.648. The van der Waals surface area contributed by atoms with Crippen molar-refractivity contribution in [2.24, 2.45) is 0 Å². The number of ether oxygens (including phenoxy) is 2. The first kappa shape index (κ1) is 23.9. The zero-order valence-corrected chi connectivity index (χ0v) is 19.9. The molecule has 0 aliphatic carbocycles. The summed E-state index contributed by atoms with van der Waals surface area (Å²) in [4.78, 5) is 2.26. The van der Waals surface area contributed by atoms with Gasteiger partial charge in [-0.1, -0.05) is 48.5 Å². The van der Waals surface area contributed by atoms with Crippen molar-refractivity contribution in [3.05, 3.63) is 127 Å². The third-order valence-corrected chi connectivity index (χ3v) is 5.31. The van der Waals surface area contributed by atoms with Crippen molar-refractivity contribution in [2.45, 2.75) is 6.54 Å². The molecule has 0 heterocycles. The summed E-state index contributed by atoms with van der Waals surface area (Å²) in [6.07, 6.45) is 3.73. The molecule has 0 radical (unpaired) electrons. The second-order valence-corrected chi connectivity index (χ2v) is 8.16. The molecule has 2 N–H and O–H groups in total. The van der Waals surface area contributed by atoms with Crippen molar-refractivity contribution in [1.29, 1.82) is 0 Å². The van der Waals surface area contributed by atoms with Gasteiger partial charge in [-0.2, -0.15) is 0 Å². The highest BCUT2D eigenvalue weighted by atomic mass is 16.5. The molecule has 0 spiro atoms. The van der Waals surface area contributed by atoms with Crippen molar-refractivity contribution in [3.8, 4) is 17.2 Å². The molecule has 0 fully saturated rings. The first-order valence-corrected chi connectivity index (χ1v) is 11.7. The van der Waals surface area contributed by atoms with E-state index in [0.29, 0.717) is 6.61 Å². The topological polar surface area (TPSA) is 45.8 Å². The summed E-state index contributed by atoms with van der Waals surface area (Å²) in [5, 5.41) is 6.50. The quantitative estimate of drug-likeness (QED) is 0.236. The Balaban J connectivity index is 1.15. The van der Waals surface area contributed by atoms with Crippen LogP contribution in [0.4, 0.5) is 11.4 Å². The second kappa shape index (κ2) is 12.9. The third-order valence-electron chi connectivity index (χ3n) is 5.31. The van der Waals surface area contributed by atoms with Gasteiger partial charge in [-0.3, -0.25) is 4.90 Å². The van der Waals surface area contributed by atoms with E-state index < -0.39 is 0 Å². The number of benzene rings is 4. The molecule has 0 bridgehead atoms. The van der Waals surface area contributed by atoms with Gasteiger partial charge < -0.3 is 20.1 Å². The molecule has 0 unspecified atom stereocenters. The predicted octanol–water partition coefficient (Wildman–Crippen LogP) is 6.98. The molecule has 178 valence electrons. The zero-order valence-electron chi connectivity index (χ0n) is 19.9. The van der Waals surface area contributed by atoms with Gasteiger partial charge >= 0.3 is 0 Å². The first-order valence-electron chi connectivity index (χ1n) is 11.7. The molecule has 0 atom stereocenters. The van der Waals surface area contributed by atoms with Crippen molar-refractivity contribution >= 4 is 11.4 Å². The lowest BCUT2D eigenvalue weighted by atomic mass is 10.2. The molecular weight excluding hydrogens is 434 g/mol. The molecule has 4 aromatic carbocycles. The first-order chi connectivity index (χ1) is 17.2. The number of hydrogen-bond acceptors (Lipinski definition) is 5. The second-order valence-electron chi connectivity index (χ2n) is 8.16. The smallest absolute Gasteiger partial charge is 0.127 e. The Hall–Kier alpha value is -4.22. The van der Waals surface area contributed by atoms with Gasteiger partial charge in [-0.25, -0.2) is 0 Å². The SMILES string of the molecule is CN(CCOc1ccc(N/C=C\Nc2ccc(Oc3ccccc3)cc2)cc1)Cc1ccccc1. The van der Waals surface area contributed by atoms with Crippen LogP contribution in [0.3, 0.4) is 0 Å². The summed E-state index contributed by atoms with van der Waals surface area (Å²) >= 11 is 0. The van der Waals surface area contributed by atoms with Crippen LogP contribution in [0.1, 0.15) is 5.56 Å². The summed E-state index contributed by atoms with van der Waals surface area (Å²) in [6.45, 7) is 2.43. The Morgan fingerprint density at radius 3 is 1.74 bits per heavy atom. The van der Waals surface area contributed by atoms with Crippen LogP contribution >= 0.6 is 0 Å². The van der Waals surface area contributed by atoms with Crippen molar-refractivity contribution < 1.29 is 9.47 Å². The van der Waals surface area contributed by atoms with E-state index in [9.17, 15) is 0 Å². The molecule has 5 heteroatoms. The summed E-state index contributed by atoms with van der Waals surface area (Å²) in [7, 11) is 2.11. The number of anilines is 2. The third kappa shape index (κ3) is 8.25. The lowest BCUT2D eigenvalue weighted by Crippen LogP contribution is -2.23. The van der Waals surface area contributed by atoms with Gasteiger partial charge in [0.1, 0.15) is 23.9 Å². The number of rotatable bonds is 12. The Morgan fingerprint density at radius 2 is 1.14 bits per heavy atom. The summed E-state index contributed by atoms with van der Waals surface area (Å²) < 4.78 is 11.7. The highest BCUT2D eigenvalue weighted by Gasteiger charge is 2.01. The van der Waals surface area contributed by atoms with Gasteiger partial charge in [-0.05, 0) is 73.3 Å². The Morgan fingerprint density at radius 1 is 0.629 bits per heavy atom. The monoisotopic (exact) mass is 465 g/mol. The summed E-state index contributed by atoms with van der Waals surface area (Å²) in [6, 6.07) is 36.0. The molecule has 0 aromatic heterocycles. The molecule has 35 heavy (non-hydrogen) atoms. The largest absolute Gasteiger partial charge is 0.492 e. The maximum Gasteiger partial charge on any atom is 0.127 e. The minimum atomic E-state index is 0.648. The molecule has 4 rings (SSSR count). The van der Waals surface area contributed by atoms with E-state index in [0.717, 1.165) is 41.7 Å². The van der Waals surface area contributed by atoms with E-state index in [4.69, 9.17) is 9.47 Å². The van der Waals surface area contributed by atoms with Crippen molar-refractivity contribution in [1.82, 2.24) is 4.90 Å². The fourth-order valence-corrected chi connectivity index (χ4v) is 3.46. The highest BCUT2D eigenvalue weighted by Crippen LogP contribution is 2.22. The van der Waals surface area contributed by atoms with Gasteiger partial charge in [0.25, 0.3) is 0 Å². The van der Waals surface area contributed by atoms with E-state index in [-0.39, 0.29) is 0 Å². The average Bonchev–Trinajstić information content (AvgIpc) is 2.90. The van der Waals surface area contributed by atoms with Crippen LogP contribution in [0.2, 0.25) is 0 Å². The van der Waals surface area contributed by atoms with Crippen LogP contribution in [0.5, 0.6) is 17.2 Å². The van der Waals surface area contributed by atoms with Gasteiger partial charge in [0.05, 0.1) is 0 Å². The van der Waals surface area contributed by atoms with Gasteiger partial charge in [-0.15, -0.1) is 0 Å². The van der Waals surface area contributed by atoms with Gasteiger partial charge in [0, 0.05) is 36.9 Å². The average molecular weight is 466 g/mol. The molecule has 0 amide bonds. The van der Waals surface area contributed by atoms with Crippen LogP contribution in [0, 0.1) is 0 Å². The highest BCUT2D eigenvalue weighted by molar-refractivity contribution is 5.51. The number of para-hydroxylation sites is 1. The van der Waals surface area contributed by atoms with E-state index in [2.05, 4.69) is 46.8 Å². The van der Waals surface area contributed by atoms with Crippen LogP contribution in [0.15, 0.2) is 122 Å². The van der Waals surface area contributed by atoms with Crippen molar-refractivity contribution in [2.75, 3.05) is 30.8 Å².